The Bertz CT molecular complexity index is 1160. The molecule has 1 amide bonds. The highest BCUT2D eigenvalue weighted by molar-refractivity contribution is 5.68. The second kappa shape index (κ2) is 12.3. The van der Waals surface area contributed by atoms with Gasteiger partial charge < -0.3 is 9.64 Å². The zero-order valence-corrected chi connectivity index (χ0v) is 22.8. The highest BCUT2D eigenvalue weighted by atomic mass is 19.4. The third kappa shape index (κ3) is 7.20. The van der Waals surface area contributed by atoms with Crippen LogP contribution < -0.4 is 4.90 Å². The van der Waals surface area contributed by atoms with E-state index in [-0.39, 0.29) is 18.2 Å². The first-order valence-electron chi connectivity index (χ1n) is 13.8. The molecule has 0 atom stereocenters. The van der Waals surface area contributed by atoms with Crippen LogP contribution in [0.3, 0.4) is 0 Å². The number of nitrogens with zero attached hydrogens (tertiary/aromatic N) is 3. The van der Waals surface area contributed by atoms with Gasteiger partial charge in [-0.2, -0.15) is 26.3 Å². The molecule has 220 valence electrons. The van der Waals surface area contributed by atoms with Crippen LogP contribution in [0.1, 0.15) is 79.0 Å². The van der Waals surface area contributed by atoms with E-state index in [1.807, 2.05) is 13.0 Å². The van der Waals surface area contributed by atoms with Crippen LogP contribution in [-0.4, -0.2) is 36.2 Å². The number of rotatable bonds is 8. The summed E-state index contributed by atoms with van der Waals surface area (Å²) in [7, 11) is 1.13. The van der Waals surface area contributed by atoms with E-state index in [4.69, 9.17) is 9.72 Å². The fraction of sp³-hybridized carbons (Fsp3) is 0.586. The van der Waals surface area contributed by atoms with Crippen LogP contribution in [0.2, 0.25) is 0 Å². The Morgan fingerprint density at radius 3 is 2.12 bits per heavy atom. The number of anilines is 1. The zero-order valence-electron chi connectivity index (χ0n) is 22.8. The summed E-state index contributed by atoms with van der Waals surface area (Å²) in [6, 6.07) is 3.38. The number of hydrogen-bond acceptors (Lipinski definition) is 4. The van der Waals surface area contributed by atoms with E-state index in [2.05, 4.69) is 4.90 Å². The van der Waals surface area contributed by atoms with Crippen molar-refractivity contribution in [2.24, 2.45) is 5.92 Å². The molecule has 0 N–H and O–H groups in total. The number of benzene rings is 1. The highest BCUT2D eigenvalue weighted by Gasteiger charge is 2.37. The van der Waals surface area contributed by atoms with Gasteiger partial charge in [-0.1, -0.05) is 12.8 Å². The van der Waals surface area contributed by atoms with Gasteiger partial charge in [0.2, 0.25) is 0 Å². The molecule has 0 unspecified atom stereocenters. The van der Waals surface area contributed by atoms with Crippen molar-refractivity contribution >= 4 is 11.9 Å². The van der Waals surface area contributed by atoms with E-state index in [1.54, 1.807) is 0 Å². The molecule has 0 radical (unpaired) electrons. The number of halogens is 6. The van der Waals surface area contributed by atoms with Crippen molar-refractivity contribution in [3.05, 3.63) is 57.8 Å². The lowest BCUT2D eigenvalue weighted by Crippen LogP contribution is -2.34. The monoisotopic (exact) mass is 571 g/mol. The molecule has 11 heteroatoms. The number of methoxy groups -OCH3 is 1. The van der Waals surface area contributed by atoms with Gasteiger partial charge in [0, 0.05) is 30.9 Å². The van der Waals surface area contributed by atoms with Crippen molar-refractivity contribution in [1.82, 2.24) is 9.88 Å². The van der Waals surface area contributed by atoms with Gasteiger partial charge in [0.15, 0.2) is 0 Å². The molecule has 0 aliphatic heterocycles. The summed E-state index contributed by atoms with van der Waals surface area (Å²) in [4.78, 5) is 21.2. The van der Waals surface area contributed by atoms with Crippen LogP contribution in [0.4, 0.5) is 37.0 Å². The smallest absolute Gasteiger partial charge is 0.416 e. The summed E-state index contributed by atoms with van der Waals surface area (Å²) in [5.74, 6) is 1.23. The van der Waals surface area contributed by atoms with Gasteiger partial charge in [-0.05, 0) is 86.8 Å². The second-order valence-corrected chi connectivity index (χ2v) is 10.7. The number of amides is 1. The van der Waals surface area contributed by atoms with Gasteiger partial charge >= 0.3 is 18.4 Å². The van der Waals surface area contributed by atoms with E-state index in [9.17, 15) is 31.1 Å². The summed E-state index contributed by atoms with van der Waals surface area (Å²) >= 11 is 0. The number of alkyl halides is 6. The molecule has 1 fully saturated rings. The van der Waals surface area contributed by atoms with Crippen molar-refractivity contribution in [3.63, 3.8) is 0 Å². The molecule has 2 aromatic rings. The second-order valence-electron chi connectivity index (χ2n) is 10.7. The van der Waals surface area contributed by atoms with Crippen molar-refractivity contribution < 1.29 is 35.9 Å². The molecule has 4 rings (SSSR count). The number of carbonyl (C=O) groups excluding carboxylic acids is 1. The summed E-state index contributed by atoms with van der Waals surface area (Å²) in [5.41, 5.74) is -0.372. The SMILES string of the molecule is CCN(CC1CCCC1)c1nc2c(cc1CN(Cc1cc(C(F)(F)F)cc(C(F)(F)F)c1)C(=O)OC)CCCC2. The Morgan fingerprint density at radius 1 is 0.925 bits per heavy atom. The molecular formula is C29H35F6N3O2. The molecule has 40 heavy (non-hydrogen) atoms. The molecule has 1 saturated carbocycles. The van der Waals surface area contributed by atoms with Crippen LogP contribution in [0.5, 0.6) is 0 Å². The van der Waals surface area contributed by atoms with Gasteiger partial charge in [-0.3, -0.25) is 4.90 Å². The van der Waals surface area contributed by atoms with E-state index in [0.29, 0.717) is 36.0 Å². The molecule has 1 aromatic heterocycles. The molecule has 2 aliphatic carbocycles. The molecule has 1 aromatic carbocycles. The van der Waals surface area contributed by atoms with Crippen LogP contribution in [0, 0.1) is 5.92 Å². The Morgan fingerprint density at radius 2 is 1.55 bits per heavy atom. The number of carbonyl (C=O) groups is 1. The minimum absolute atomic E-state index is 0.0684. The lowest BCUT2D eigenvalue weighted by Gasteiger charge is -2.31. The number of hydrogen-bond donors (Lipinski definition) is 0. The molecule has 0 saturated heterocycles. The zero-order chi connectivity index (χ0) is 29.1. The van der Waals surface area contributed by atoms with Gasteiger partial charge in [-0.15, -0.1) is 0 Å². The lowest BCUT2D eigenvalue weighted by molar-refractivity contribution is -0.143. The van der Waals surface area contributed by atoms with Gasteiger partial charge in [0.25, 0.3) is 0 Å². The standard InChI is InChI=1S/C29H35F6N3O2/c1-3-37(16-19-8-4-5-9-19)26-22(14-21-10-6-7-11-25(21)36-26)18-38(27(39)40-2)17-20-12-23(28(30,31)32)15-24(13-20)29(33,34)35/h12-15,19H,3-11,16-18H2,1-2H3. The number of fused-ring (bicyclic) bond motifs is 1. The maximum atomic E-state index is 13.5. The fourth-order valence-electron chi connectivity index (χ4n) is 5.78. The largest absolute Gasteiger partial charge is 0.453 e. The van der Waals surface area contributed by atoms with Crippen molar-refractivity contribution in [1.29, 1.82) is 0 Å². The molecule has 1 heterocycles. The van der Waals surface area contributed by atoms with Crippen molar-refractivity contribution in [2.45, 2.75) is 83.7 Å². The number of ether oxygens (including phenoxy) is 1. The van der Waals surface area contributed by atoms with Crippen LogP contribution in [-0.2, 0) is 43.0 Å². The van der Waals surface area contributed by atoms with Crippen LogP contribution in [0.15, 0.2) is 24.3 Å². The fourth-order valence-corrected chi connectivity index (χ4v) is 5.78. The van der Waals surface area contributed by atoms with Crippen LogP contribution >= 0.6 is 0 Å². The Hall–Kier alpha value is -2.98. The van der Waals surface area contributed by atoms with Gasteiger partial charge in [0.05, 0.1) is 24.8 Å². The Kier molecular flexibility index (Phi) is 9.19. The van der Waals surface area contributed by atoms with E-state index < -0.39 is 36.1 Å². The molecule has 5 nitrogen and oxygen atoms in total. The normalized spacial score (nSPS) is 16.1. The predicted octanol–water partition coefficient (Wildman–Crippen LogP) is 7.78. The third-order valence-corrected chi connectivity index (χ3v) is 7.81. The van der Waals surface area contributed by atoms with E-state index in [1.165, 1.54) is 12.8 Å². The molecule has 0 spiro atoms. The first-order chi connectivity index (χ1) is 18.9. The van der Waals surface area contributed by atoms with Gasteiger partial charge in [-0.25, -0.2) is 9.78 Å². The maximum Gasteiger partial charge on any atom is 0.416 e. The summed E-state index contributed by atoms with van der Waals surface area (Å²) < 4.78 is 85.7. The quantitative estimate of drug-likeness (QED) is 0.304. The van der Waals surface area contributed by atoms with Crippen LogP contribution in [0.25, 0.3) is 0 Å². The minimum atomic E-state index is -4.98. The lowest BCUT2D eigenvalue weighted by atomic mass is 9.94. The highest BCUT2D eigenvalue weighted by Crippen LogP contribution is 2.37. The van der Waals surface area contributed by atoms with Crippen molar-refractivity contribution in [3.8, 4) is 0 Å². The molecule has 0 bridgehead atoms. The van der Waals surface area contributed by atoms with Crippen molar-refractivity contribution in [2.75, 3.05) is 25.1 Å². The topological polar surface area (TPSA) is 45.7 Å². The van der Waals surface area contributed by atoms with E-state index in [0.717, 1.165) is 68.3 Å². The van der Waals surface area contributed by atoms with Gasteiger partial charge in [0.1, 0.15) is 5.82 Å². The number of aryl methyl sites for hydroxylation is 2. The Balaban J connectivity index is 1.72. The Labute approximate surface area is 230 Å². The third-order valence-electron chi connectivity index (χ3n) is 7.81. The summed E-state index contributed by atoms with van der Waals surface area (Å²) in [6.45, 7) is 2.94. The molecule has 2 aliphatic rings. The minimum Gasteiger partial charge on any atom is -0.453 e. The van der Waals surface area contributed by atoms with E-state index >= 15 is 0 Å². The predicted molar refractivity (Wildman–Crippen MR) is 139 cm³/mol. The first-order valence-corrected chi connectivity index (χ1v) is 13.8. The number of aromatic nitrogens is 1. The summed E-state index contributed by atoms with van der Waals surface area (Å²) in [5, 5.41) is 0. The number of pyridine rings is 1. The maximum absolute atomic E-state index is 13.5. The average Bonchev–Trinajstić information content (AvgIpc) is 3.42. The summed E-state index contributed by atoms with van der Waals surface area (Å²) in [6.07, 6.45) is -2.51. The average molecular weight is 572 g/mol. The molecular weight excluding hydrogens is 536 g/mol. The first kappa shape index (κ1) is 30.0.